The van der Waals surface area contributed by atoms with Crippen LogP contribution in [-0.4, -0.2) is 31.2 Å². The lowest BCUT2D eigenvalue weighted by molar-refractivity contribution is -0.142. The first kappa shape index (κ1) is 14.8. The van der Waals surface area contributed by atoms with Crippen LogP contribution in [0.3, 0.4) is 0 Å². The second-order valence-electron chi connectivity index (χ2n) is 4.91. The number of ether oxygens (including phenoxy) is 1. The van der Waals surface area contributed by atoms with Gasteiger partial charge in [0.05, 0.1) is 13.0 Å². The second-order valence-corrected chi connectivity index (χ2v) is 4.91. The highest BCUT2D eigenvalue weighted by atomic mass is 16.5. The van der Waals surface area contributed by atoms with Crippen molar-refractivity contribution in [1.82, 2.24) is 10.6 Å². The normalized spacial score (nSPS) is 23.2. The molecule has 1 aliphatic carbocycles. The fourth-order valence-electron chi connectivity index (χ4n) is 2.15. The van der Waals surface area contributed by atoms with Gasteiger partial charge >= 0.3 is 12.0 Å². The second kappa shape index (κ2) is 7.95. The van der Waals surface area contributed by atoms with Gasteiger partial charge in [0, 0.05) is 12.6 Å². The minimum atomic E-state index is -0.274. The molecule has 0 radical (unpaired) electrons. The summed E-state index contributed by atoms with van der Waals surface area (Å²) in [6.07, 6.45) is 4.67. The van der Waals surface area contributed by atoms with E-state index in [0.29, 0.717) is 13.2 Å². The van der Waals surface area contributed by atoms with E-state index < -0.39 is 0 Å². The summed E-state index contributed by atoms with van der Waals surface area (Å²) in [6, 6.07) is 0.0997. The third kappa shape index (κ3) is 5.89. The lowest BCUT2D eigenvalue weighted by Gasteiger charge is -2.26. The summed E-state index contributed by atoms with van der Waals surface area (Å²) in [7, 11) is 0. The van der Waals surface area contributed by atoms with Crippen LogP contribution in [0.4, 0.5) is 4.79 Å². The zero-order valence-corrected chi connectivity index (χ0v) is 11.3. The molecule has 0 unspecified atom stereocenters. The maximum absolute atomic E-state index is 11.6. The molecule has 0 aliphatic heterocycles. The van der Waals surface area contributed by atoms with E-state index in [4.69, 9.17) is 4.74 Å². The quantitative estimate of drug-likeness (QED) is 0.737. The van der Waals surface area contributed by atoms with E-state index in [1.165, 1.54) is 12.8 Å². The third-order valence-electron chi connectivity index (χ3n) is 3.27. The molecule has 0 heterocycles. The van der Waals surface area contributed by atoms with Crippen LogP contribution in [0.15, 0.2) is 0 Å². The molecule has 2 N–H and O–H groups in total. The summed E-state index contributed by atoms with van der Waals surface area (Å²) in [5, 5.41) is 5.62. The predicted octanol–water partition coefficient (Wildman–Crippen LogP) is 1.82. The minimum absolute atomic E-state index is 0.182. The molecule has 0 spiro atoms. The number of esters is 1. The van der Waals surface area contributed by atoms with Crippen LogP contribution in [-0.2, 0) is 9.53 Å². The zero-order valence-electron chi connectivity index (χ0n) is 11.3. The van der Waals surface area contributed by atoms with E-state index >= 15 is 0 Å². The van der Waals surface area contributed by atoms with Crippen LogP contribution < -0.4 is 10.6 Å². The van der Waals surface area contributed by atoms with Gasteiger partial charge < -0.3 is 15.4 Å². The topological polar surface area (TPSA) is 67.4 Å². The Balaban J connectivity index is 2.08. The van der Waals surface area contributed by atoms with E-state index in [9.17, 15) is 9.59 Å². The number of hydrogen-bond acceptors (Lipinski definition) is 3. The van der Waals surface area contributed by atoms with Crippen LogP contribution in [0, 0.1) is 5.92 Å². The minimum Gasteiger partial charge on any atom is -0.466 e. The molecule has 5 nitrogen and oxygen atoms in total. The molecule has 0 bridgehead atoms. The smallest absolute Gasteiger partial charge is 0.315 e. The summed E-state index contributed by atoms with van der Waals surface area (Å²) >= 11 is 0. The lowest BCUT2D eigenvalue weighted by atomic mass is 9.87. The summed E-state index contributed by atoms with van der Waals surface area (Å²) in [5.74, 6) is 0.499. The maximum Gasteiger partial charge on any atom is 0.315 e. The zero-order chi connectivity index (χ0) is 13.4. The fourth-order valence-corrected chi connectivity index (χ4v) is 2.15. The summed E-state index contributed by atoms with van der Waals surface area (Å²) < 4.78 is 4.77. The molecular weight excluding hydrogens is 232 g/mol. The molecule has 0 atom stereocenters. The first-order valence-electron chi connectivity index (χ1n) is 6.81. The number of rotatable bonds is 5. The Morgan fingerprint density at radius 1 is 1.22 bits per heavy atom. The third-order valence-corrected chi connectivity index (χ3v) is 3.27. The Morgan fingerprint density at radius 3 is 2.50 bits per heavy atom. The average Bonchev–Trinajstić information content (AvgIpc) is 2.32. The van der Waals surface area contributed by atoms with Crippen LogP contribution in [0.5, 0.6) is 0 Å². The molecule has 1 aliphatic rings. The summed E-state index contributed by atoms with van der Waals surface area (Å²) in [6.45, 7) is 4.72. The molecular formula is C13H24N2O3. The highest BCUT2D eigenvalue weighted by molar-refractivity contribution is 5.75. The van der Waals surface area contributed by atoms with Gasteiger partial charge in [0.2, 0.25) is 0 Å². The Bertz CT molecular complexity index is 273. The fraction of sp³-hybridized carbons (Fsp3) is 0.846. The van der Waals surface area contributed by atoms with Crippen LogP contribution in [0.25, 0.3) is 0 Å². The van der Waals surface area contributed by atoms with E-state index in [2.05, 4.69) is 17.6 Å². The van der Waals surface area contributed by atoms with Crippen molar-refractivity contribution in [2.75, 3.05) is 13.2 Å². The van der Waals surface area contributed by atoms with Crippen molar-refractivity contribution in [2.45, 2.75) is 52.0 Å². The van der Waals surface area contributed by atoms with Gasteiger partial charge in [0.15, 0.2) is 0 Å². The highest BCUT2D eigenvalue weighted by Crippen LogP contribution is 2.23. The van der Waals surface area contributed by atoms with Crippen LogP contribution in [0.1, 0.15) is 46.0 Å². The van der Waals surface area contributed by atoms with E-state index in [0.717, 1.165) is 18.8 Å². The Labute approximate surface area is 109 Å². The Kier molecular flexibility index (Phi) is 6.54. The van der Waals surface area contributed by atoms with Gasteiger partial charge in [0.25, 0.3) is 0 Å². The van der Waals surface area contributed by atoms with Gasteiger partial charge in [-0.2, -0.15) is 0 Å². The van der Waals surface area contributed by atoms with Gasteiger partial charge in [-0.25, -0.2) is 4.79 Å². The number of carbonyl (C=O) groups is 2. The van der Waals surface area contributed by atoms with Crippen molar-refractivity contribution in [3.63, 3.8) is 0 Å². The van der Waals surface area contributed by atoms with Gasteiger partial charge in [-0.3, -0.25) is 4.79 Å². The first-order valence-corrected chi connectivity index (χ1v) is 6.81. The number of hydrogen-bond donors (Lipinski definition) is 2. The number of carbonyl (C=O) groups excluding carboxylic acids is 2. The Hall–Kier alpha value is -1.26. The maximum atomic E-state index is 11.6. The van der Waals surface area contributed by atoms with E-state index in [1.807, 2.05) is 0 Å². The van der Waals surface area contributed by atoms with Gasteiger partial charge in [-0.05, 0) is 38.5 Å². The van der Waals surface area contributed by atoms with E-state index in [-0.39, 0.29) is 24.5 Å². The van der Waals surface area contributed by atoms with Crippen molar-refractivity contribution in [1.29, 1.82) is 0 Å². The molecule has 0 aromatic rings. The van der Waals surface area contributed by atoms with Crippen molar-refractivity contribution in [3.05, 3.63) is 0 Å². The number of amides is 2. The molecule has 0 saturated heterocycles. The van der Waals surface area contributed by atoms with Crippen molar-refractivity contribution in [3.8, 4) is 0 Å². The molecule has 0 aromatic heterocycles. The monoisotopic (exact) mass is 256 g/mol. The average molecular weight is 256 g/mol. The van der Waals surface area contributed by atoms with Gasteiger partial charge in [0.1, 0.15) is 0 Å². The van der Waals surface area contributed by atoms with Gasteiger partial charge in [-0.15, -0.1) is 0 Å². The highest BCUT2D eigenvalue weighted by Gasteiger charge is 2.19. The molecule has 0 aromatic carbocycles. The molecule has 1 saturated carbocycles. The molecule has 104 valence electrons. The molecule has 2 amide bonds. The largest absolute Gasteiger partial charge is 0.466 e. The molecule has 5 heteroatoms. The number of nitrogens with one attached hydrogen (secondary N) is 2. The van der Waals surface area contributed by atoms with Crippen molar-refractivity contribution in [2.24, 2.45) is 5.92 Å². The van der Waals surface area contributed by atoms with Crippen LogP contribution >= 0.6 is 0 Å². The molecule has 18 heavy (non-hydrogen) atoms. The lowest BCUT2D eigenvalue weighted by Crippen LogP contribution is -2.44. The first-order chi connectivity index (χ1) is 8.61. The Morgan fingerprint density at radius 2 is 1.89 bits per heavy atom. The number of urea groups is 1. The van der Waals surface area contributed by atoms with Gasteiger partial charge in [-0.1, -0.05) is 6.92 Å². The molecule has 1 rings (SSSR count). The predicted molar refractivity (Wildman–Crippen MR) is 69.2 cm³/mol. The SMILES string of the molecule is CCOC(=O)CCNC(=O)NC1CCC(C)CC1. The molecule has 1 fully saturated rings. The van der Waals surface area contributed by atoms with Crippen molar-refractivity contribution < 1.29 is 14.3 Å². The van der Waals surface area contributed by atoms with Crippen molar-refractivity contribution >= 4 is 12.0 Å². The standard InChI is InChI=1S/C13H24N2O3/c1-3-18-12(16)8-9-14-13(17)15-11-6-4-10(2)5-7-11/h10-11H,3-9H2,1-2H3,(H2,14,15,17). The van der Waals surface area contributed by atoms with E-state index in [1.54, 1.807) is 6.92 Å². The van der Waals surface area contributed by atoms with Crippen LogP contribution in [0.2, 0.25) is 0 Å². The summed E-state index contributed by atoms with van der Waals surface area (Å²) in [5.41, 5.74) is 0. The summed E-state index contributed by atoms with van der Waals surface area (Å²) in [4.78, 5) is 22.6.